The summed E-state index contributed by atoms with van der Waals surface area (Å²) >= 11 is 0. The van der Waals surface area contributed by atoms with Gasteiger partial charge in [-0.2, -0.15) is 31.6 Å². The van der Waals surface area contributed by atoms with Gasteiger partial charge >= 0.3 is 24.4 Å². The van der Waals surface area contributed by atoms with Crippen LogP contribution < -0.4 is 15.0 Å². The lowest BCUT2D eigenvalue weighted by molar-refractivity contribution is -0.149. The number of carboxylic acid groups (broad SMARTS) is 1. The van der Waals surface area contributed by atoms with Gasteiger partial charge in [0, 0.05) is 19.6 Å². The van der Waals surface area contributed by atoms with Crippen molar-refractivity contribution in [1.82, 2.24) is 15.0 Å². The molecule has 2 atom stereocenters. The van der Waals surface area contributed by atoms with E-state index in [2.05, 4.69) is 20.3 Å². The number of aromatic nitrogens is 3. The summed E-state index contributed by atoms with van der Waals surface area (Å²) in [6.45, 7) is 4.09. The maximum Gasteiger partial charge on any atom is 0.433 e. The zero-order chi connectivity index (χ0) is 37.7. The van der Waals surface area contributed by atoms with Crippen LogP contribution in [0.2, 0.25) is 0 Å². The third-order valence-electron chi connectivity index (χ3n) is 7.96. The molecule has 0 unspecified atom stereocenters. The third-order valence-corrected chi connectivity index (χ3v) is 7.96. The Morgan fingerprint density at radius 1 is 1.08 bits per heavy atom. The normalized spacial score (nSPS) is 16.2. The molecule has 2 aromatic heterocycles. The second-order valence-corrected chi connectivity index (χ2v) is 12.3. The SMILES string of the molecule is CC[C@@H]1C[C@H](Nc2ncc(OCCOC)c(Cc3cc(C#N)cc(C(F)(F)F)c3)n2)c2nc(C(F)(F)F)ccc2N1C(=O)OCC(C)(C)C(=O)O. The van der Waals surface area contributed by atoms with Crippen molar-refractivity contribution in [2.45, 2.75) is 64.5 Å². The number of hydrogen-bond acceptors (Lipinski definition) is 10. The highest BCUT2D eigenvalue weighted by atomic mass is 19.4. The van der Waals surface area contributed by atoms with Crippen molar-refractivity contribution in [3.63, 3.8) is 0 Å². The fraction of sp³-hybridized carbons (Fsp3) is 0.455. The highest BCUT2D eigenvalue weighted by molar-refractivity contribution is 5.90. The molecule has 0 saturated carbocycles. The smallest absolute Gasteiger partial charge is 0.433 e. The van der Waals surface area contributed by atoms with Crippen LogP contribution in [-0.2, 0) is 33.0 Å². The Morgan fingerprint density at radius 2 is 1.80 bits per heavy atom. The molecule has 4 rings (SSSR count). The number of rotatable bonds is 12. The molecular weight excluding hydrogens is 690 g/mol. The fourth-order valence-corrected chi connectivity index (χ4v) is 5.20. The third kappa shape index (κ3) is 9.34. The Morgan fingerprint density at radius 3 is 2.41 bits per heavy atom. The van der Waals surface area contributed by atoms with E-state index in [1.165, 1.54) is 33.2 Å². The number of aliphatic carboxylic acids is 1. The summed E-state index contributed by atoms with van der Waals surface area (Å²) in [5.74, 6) is -1.28. The van der Waals surface area contributed by atoms with Crippen molar-refractivity contribution in [2.24, 2.45) is 5.41 Å². The molecule has 3 aromatic rings. The molecule has 2 N–H and O–H groups in total. The molecule has 0 aliphatic carbocycles. The van der Waals surface area contributed by atoms with E-state index in [0.717, 1.165) is 17.0 Å². The van der Waals surface area contributed by atoms with Crippen molar-refractivity contribution in [3.8, 4) is 11.8 Å². The van der Waals surface area contributed by atoms with Crippen LogP contribution in [0.1, 0.15) is 73.4 Å². The van der Waals surface area contributed by atoms with Gasteiger partial charge in [0.25, 0.3) is 0 Å². The maximum atomic E-state index is 13.8. The number of ether oxygens (including phenoxy) is 3. The average Bonchev–Trinajstić information content (AvgIpc) is 3.06. The Labute approximate surface area is 288 Å². The molecular formula is C33H34F6N6O6. The minimum atomic E-state index is -4.85. The Kier molecular flexibility index (Phi) is 11.6. The topological polar surface area (TPSA) is 160 Å². The number of anilines is 2. The van der Waals surface area contributed by atoms with Gasteiger partial charge in [-0.1, -0.05) is 6.92 Å². The summed E-state index contributed by atoms with van der Waals surface area (Å²) in [5, 5.41) is 21.7. The average molecular weight is 725 g/mol. The molecule has 1 amide bonds. The molecule has 3 heterocycles. The van der Waals surface area contributed by atoms with Crippen LogP contribution in [0.15, 0.2) is 36.5 Å². The number of carboxylic acids is 1. The van der Waals surface area contributed by atoms with E-state index < -0.39 is 59.8 Å². The summed E-state index contributed by atoms with van der Waals surface area (Å²) in [5.41, 5.74) is -4.03. The minimum Gasteiger partial charge on any atom is -0.488 e. The van der Waals surface area contributed by atoms with Crippen LogP contribution in [0.5, 0.6) is 5.75 Å². The van der Waals surface area contributed by atoms with Crippen LogP contribution in [0, 0.1) is 16.7 Å². The van der Waals surface area contributed by atoms with Crippen molar-refractivity contribution < 1.29 is 55.2 Å². The van der Waals surface area contributed by atoms with Crippen molar-refractivity contribution >= 4 is 23.7 Å². The highest BCUT2D eigenvalue weighted by Gasteiger charge is 2.41. The number of amides is 1. The fourth-order valence-electron chi connectivity index (χ4n) is 5.20. The number of benzene rings is 1. The van der Waals surface area contributed by atoms with Crippen molar-refractivity contribution in [2.75, 3.05) is 37.1 Å². The lowest BCUT2D eigenvalue weighted by Gasteiger charge is -2.40. The molecule has 0 bridgehead atoms. The van der Waals surface area contributed by atoms with Crippen LogP contribution >= 0.6 is 0 Å². The van der Waals surface area contributed by atoms with Gasteiger partial charge in [0.05, 0.1) is 58.5 Å². The zero-order valence-corrected chi connectivity index (χ0v) is 27.9. The minimum absolute atomic E-state index is 0.0147. The number of pyridine rings is 1. The standard InChI is InChI=1S/C33H34F6N6O6/c1-5-21-14-23(27-24(6-7-26(44-27)33(37,38)39)45(21)30(48)51-17-31(2,3)28(46)47)43-29-41-16-25(50-9-8-49-4)22(42-29)13-18-10-19(15-40)12-20(11-18)32(34,35)36/h6-7,10-12,16,21,23H,5,8-9,13-14,17H2,1-4H3,(H,46,47)(H,41,42,43)/t21-,23+/m1/s1. The number of nitriles is 1. The number of halogens is 6. The molecule has 1 aliphatic heterocycles. The number of methoxy groups -OCH3 is 1. The summed E-state index contributed by atoms with van der Waals surface area (Å²) in [6.07, 6.45) is -9.29. The predicted octanol–water partition coefficient (Wildman–Crippen LogP) is 6.79. The lowest BCUT2D eigenvalue weighted by Crippen LogP contribution is -2.47. The van der Waals surface area contributed by atoms with Crippen LogP contribution in [0.4, 0.5) is 42.8 Å². The Balaban J connectivity index is 1.75. The van der Waals surface area contributed by atoms with Gasteiger partial charge in [-0.25, -0.2) is 19.7 Å². The van der Waals surface area contributed by atoms with Gasteiger partial charge in [-0.05, 0) is 62.6 Å². The van der Waals surface area contributed by atoms with Crippen LogP contribution in [0.3, 0.4) is 0 Å². The summed E-state index contributed by atoms with van der Waals surface area (Å²) < 4.78 is 98.4. The first-order valence-electron chi connectivity index (χ1n) is 15.5. The second-order valence-electron chi connectivity index (χ2n) is 12.3. The quantitative estimate of drug-likeness (QED) is 0.150. The summed E-state index contributed by atoms with van der Waals surface area (Å²) in [6, 6.07) is 4.66. The number of carbonyl (C=O) groups excluding carboxylic acids is 1. The second kappa shape index (κ2) is 15.4. The molecule has 0 fully saturated rings. The van der Waals surface area contributed by atoms with E-state index >= 15 is 0 Å². The van der Waals surface area contributed by atoms with Crippen LogP contribution in [-0.4, -0.2) is 65.1 Å². The van der Waals surface area contributed by atoms with E-state index in [4.69, 9.17) is 14.2 Å². The van der Waals surface area contributed by atoms with Gasteiger partial charge in [-0.15, -0.1) is 0 Å². The molecule has 12 nitrogen and oxygen atoms in total. The van der Waals surface area contributed by atoms with Gasteiger partial charge in [0.1, 0.15) is 18.9 Å². The van der Waals surface area contributed by atoms with Gasteiger partial charge in [0.2, 0.25) is 5.95 Å². The summed E-state index contributed by atoms with van der Waals surface area (Å²) in [7, 11) is 1.43. The van der Waals surface area contributed by atoms with Crippen molar-refractivity contribution in [3.05, 3.63) is 70.3 Å². The lowest BCUT2D eigenvalue weighted by atomic mass is 9.93. The largest absolute Gasteiger partial charge is 0.488 e. The van der Waals surface area contributed by atoms with Gasteiger partial charge in [-0.3, -0.25) is 9.69 Å². The first-order chi connectivity index (χ1) is 23.9. The Hall–Kier alpha value is -5.18. The number of nitrogens with one attached hydrogen (secondary N) is 1. The van der Waals surface area contributed by atoms with E-state index in [0.29, 0.717) is 18.6 Å². The number of hydrogen-bond donors (Lipinski definition) is 2. The molecule has 1 aromatic carbocycles. The molecule has 0 radical (unpaired) electrons. The number of nitrogens with zero attached hydrogens (tertiary/aromatic N) is 5. The molecule has 51 heavy (non-hydrogen) atoms. The molecule has 18 heteroatoms. The first kappa shape index (κ1) is 38.6. The molecule has 1 aliphatic rings. The molecule has 274 valence electrons. The summed E-state index contributed by atoms with van der Waals surface area (Å²) in [4.78, 5) is 38.6. The number of fused-ring (bicyclic) bond motifs is 1. The van der Waals surface area contributed by atoms with E-state index in [9.17, 15) is 46.3 Å². The monoisotopic (exact) mass is 724 g/mol. The maximum absolute atomic E-state index is 13.8. The van der Waals surface area contributed by atoms with Gasteiger partial charge < -0.3 is 24.6 Å². The molecule has 0 saturated heterocycles. The highest BCUT2D eigenvalue weighted by Crippen LogP contribution is 2.41. The predicted molar refractivity (Wildman–Crippen MR) is 168 cm³/mol. The zero-order valence-electron chi connectivity index (χ0n) is 27.9. The van der Waals surface area contributed by atoms with E-state index in [-0.39, 0.29) is 66.0 Å². The first-order valence-corrected chi connectivity index (χ1v) is 15.5. The van der Waals surface area contributed by atoms with E-state index in [1.807, 2.05) is 0 Å². The Bertz CT molecular complexity index is 1800. The van der Waals surface area contributed by atoms with Crippen molar-refractivity contribution in [1.29, 1.82) is 5.26 Å². The number of alkyl halides is 6. The van der Waals surface area contributed by atoms with E-state index in [1.54, 1.807) is 13.0 Å². The number of carbonyl (C=O) groups is 2. The van der Waals surface area contributed by atoms with Crippen LogP contribution in [0.25, 0.3) is 0 Å². The van der Waals surface area contributed by atoms with Gasteiger partial charge in [0.15, 0.2) is 5.75 Å². The molecule has 0 spiro atoms.